The molecule has 1 aliphatic rings. The Kier molecular flexibility index (Phi) is 4.79. The van der Waals surface area contributed by atoms with E-state index >= 15 is 0 Å². The molecule has 134 valence electrons. The fourth-order valence-corrected chi connectivity index (χ4v) is 4.21. The number of carbonyl (C=O) groups excluding carboxylic acids is 1. The summed E-state index contributed by atoms with van der Waals surface area (Å²) in [5, 5.41) is 0.652. The fourth-order valence-electron chi connectivity index (χ4n) is 3.58. The Labute approximate surface area is 169 Å². The number of amides is 1. The number of imidazole rings is 1. The largest absolute Gasteiger partial charge is 0.338 e. The second kappa shape index (κ2) is 7.08. The lowest BCUT2D eigenvalue weighted by molar-refractivity contribution is 0.0695. The molecule has 0 spiro atoms. The number of carbonyl (C=O) groups is 1. The molecule has 2 aromatic carbocycles. The van der Waals surface area contributed by atoms with Gasteiger partial charge in [0.15, 0.2) is 0 Å². The van der Waals surface area contributed by atoms with Crippen LogP contribution in [0.1, 0.15) is 29.2 Å². The van der Waals surface area contributed by atoms with Crippen LogP contribution in [0.4, 0.5) is 0 Å². The summed E-state index contributed by atoms with van der Waals surface area (Å²) in [6.07, 6.45) is 1.52. The number of fused-ring (bicyclic) bond motifs is 1. The first-order valence-corrected chi connectivity index (χ1v) is 9.94. The summed E-state index contributed by atoms with van der Waals surface area (Å²) >= 11 is 8.17. The van der Waals surface area contributed by atoms with Crippen LogP contribution in [0.25, 0.3) is 11.0 Å². The molecule has 2 heterocycles. The Balaban J connectivity index is 1.52. The molecule has 3 aromatic rings. The number of nitrogens with zero attached hydrogens (tertiary/aromatic N) is 2. The van der Waals surface area contributed by atoms with Crippen LogP contribution in [0, 0.1) is 3.57 Å². The predicted molar refractivity (Wildman–Crippen MR) is 111 cm³/mol. The van der Waals surface area contributed by atoms with Gasteiger partial charge in [-0.2, -0.15) is 0 Å². The molecule has 1 aliphatic heterocycles. The van der Waals surface area contributed by atoms with Crippen molar-refractivity contribution in [3.05, 3.63) is 67.1 Å². The van der Waals surface area contributed by atoms with E-state index in [0.29, 0.717) is 23.7 Å². The van der Waals surface area contributed by atoms with Crippen molar-refractivity contribution in [1.29, 1.82) is 0 Å². The number of aromatic amines is 1. The first-order chi connectivity index (χ1) is 12.5. The number of aromatic nitrogens is 2. The maximum absolute atomic E-state index is 12.7. The first-order valence-electron chi connectivity index (χ1n) is 8.48. The molecule has 4 rings (SSSR count). The van der Waals surface area contributed by atoms with E-state index in [0.717, 1.165) is 27.4 Å². The summed E-state index contributed by atoms with van der Waals surface area (Å²) in [4.78, 5) is 29.9. The number of H-pyrrole nitrogens is 1. The van der Waals surface area contributed by atoms with Gasteiger partial charge in [0.05, 0.1) is 16.1 Å². The molecule has 0 unspecified atom stereocenters. The molecule has 1 amide bonds. The van der Waals surface area contributed by atoms with Gasteiger partial charge < -0.3 is 9.88 Å². The average Bonchev–Trinajstić information content (AvgIpc) is 2.99. The Hall–Kier alpha value is -1.80. The molecule has 0 bridgehead atoms. The number of benzene rings is 2. The van der Waals surface area contributed by atoms with Crippen LogP contribution in [0.2, 0.25) is 5.02 Å². The van der Waals surface area contributed by atoms with Gasteiger partial charge in [0.25, 0.3) is 5.91 Å². The monoisotopic (exact) mass is 481 g/mol. The van der Waals surface area contributed by atoms with Crippen LogP contribution in [0.5, 0.6) is 0 Å². The highest BCUT2D eigenvalue weighted by atomic mass is 127. The normalized spacial score (nSPS) is 15.5. The molecule has 0 saturated carbocycles. The summed E-state index contributed by atoms with van der Waals surface area (Å²) in [6.45, 7) is 1.27. The minimum absolute atomic E-state index is 0.0179. The van der Waals surface area contributed by atoms with E-state index in [2.05, 4.69) is 27.6 Å². The highest BCUT2D eigenvalue weighted by Crippen LogP contribution is 2.26. The second-order valence-corrected chi connectivity index (χ2v) is 8.04. The SMILES string of the molecule is O=C(c1ccc(Cl)c(I)c1)N1CCC(n2c(=O)[nH]c3ccccc32)CC1. The van der Waals surface area contributed by atoms with E-state index in [1.165, 1.54) is 0 Å². The van der Waals surface area contributed by atoms with Gasteiger partial charge in [-0.25, -0.2) is 4.79 Å². The number of piperidine rings is 1. The molecule has 1 N–H and O–H groups in total. The van der Waals surface area contributed by atoms with Gasteiger partial charge in [-0.05, 0) is 65.8 Å². The van der Waals surface area contributed by atoms with Gasteiger partial charge in [-0.1, -0.05) is 23.7 Å². The number of rotatable bonds is 2. The lowest BCUT2D eigenvalue weighted by atomic mass is 10.0. The predicted octanol–water partition coefficient (Wildman–Crippen LogP) is 4.06. The van der Waals surface area contributed by atoms with E-state index < -0.39 is 0 Å². The third kappa shape index (κ3) is 3.16. The summed E-state index contributed by atoms with van der Waals surface area (Å²) < 4.78 is 2.71. The molecule has 1 saturated heterocycles. The zero-order valence-electron chi connectivity index (χ0n) is 13.9. The number of halogens is 2. The van der Waals surface area contributed by atoms with Crippen LogP contribution >= 0.6 is 34.2 Å². The molecule has 0 radical (unpaired) electrons. The van der Waals surface area contributed by atoms with Gasteiger partial charge in [0, 0.05) is 28.3 Å². The fraction of sp³-hybridized carbons (Fsp3) is 0.263. The van der Waals surface area contributed by atoms with Gasteiger partial charge >= 0.3 is 5.69 Å². The van der Waals surface area contributed by atoms with E-state index in [4.69, 9.17) is 11.6 Å². The zero-order chi connectivity index (χ0) is 18.3. The number of hydrogen-bond acceptors (Lipinski definition) is 2. The lowest BCUT2D eigenvalue weighted by Crippen LogP contribution is -2.40. The highest BCUT2D eigenvalue weighted by Gasteiger charge is 2.26. The van der Waals surface area contributed by atoms with Crippen molar-refractivity contribution in [1.82, 2.24) is 14.5 Å². The zero-order valence-corrected chi connectivity index (χ0v) is 16.8. The minimum atomic E-state index is -0.0803. The van der Waals surface area contributed by atoms with E-state index in [1.807, 2.05) is 39.8 Å². The first kappa shape index (κ1) is 17.6. The van der Waals surface area contributed by atoms with Crippen molar-refractivity contribution >= 4 is 51.1 Å². The van der Waals surface area contributed by atoms with Crippen molar-refractivity contribution in [2.75, 3.05) is 13.1 Å². The number of likely N-dealkylation sites (tertiary alicyclic amines) is 1. The summed E-state index contributed by atoms with van der Waals surface area (Å²) in [7, 11) is 0. The maximum atomic E-state index is 12.7. The number of para-hydroxylation sites is 2. The molecular weight excluding hydrogens is 465 g/mol. The Morgan fingerprint density at radius 2 is 1.88 bits per heavy atom. The second-order valence-electron chi connectivity index (χ2n) is 6.47. The Bertz CT molecular complexity index is 1030. The molecule has 7 heteroatoms. The lowest BCUT2D eigenvalue weighted by Gasteiger charge is -2.32. The molecule has 0 aliphatic carbocycles. The standard InChI is InChI=1S/C19H17ClIN3O2/c20-14-6-5-12(11-15(14)21)18(25)23-9-7-13(8-10-23)24-17-4-2-1-3-16(17)22-19(24)26/h1-6,11,13H,7-10H2,(H,22,26). The molecule has 1 fully saturated rings. The average molecular weight is 482 g/mol. The number of nitrogens with one attached hydrogen (secondary N) is 1. The molecular formula is C19H17ClIN3O2. The Morgan fingerprint density at radius 1 is 1.15 bits per heavy atom. The van der Waals surface area contributed by atoms with Crippen LogP contribution in [-0.2, 0) is 0 Å². The van der Waals surface area contributed by atoms with Crippen molar-refractivity contribution in [3.8, 4) is 0 Å². The van der Waals surface area contributed by atoms with Gasteiger partial charge in [-0.3, -0.25) is 9.36 Å². The third-order valence-corrected chi connectivity index (χ3v) is 6.45. The summed E-state index contributed by atoms with van der Waals surface area (Å²) in [5.41, 5.74) is 2.35. The van der Waals surface area contributed by atoms with Crippen LogP contribution in [-0.4, -0.2) is 33.4 Å². The maximum Gasteiger partial charge on any atom is 0.326 e. The van der Waals surface area contributed by atoms with Gasteiger partial charge in [-0.15, -0.1) is 0 Å². The molecule has 0 atom stereocenters. The molecule has 1 aromatic heterocycles. The van der Waals surface area contributed by atoms with E-state index in [1.54, 1.807) is 12.1 Å². The minimum Gasteiger partial charge on any atom is -0.338 e. The van der Waals surface area contributed by atoms with Crippen LogP contribution in [0.15, 0.2) is 47.3 Å². The van der Waals surface area contributed by atoms with Crippen molar-refractivity contribution in [2.45, 2.75) is 18.9 Å². The van der Waals surface area contributed by atoms with Gasteiger partial charge in [0.2, 0.25) is 0 Å². The van der Waals surface area contributed by atoms with Crippen molar-refractivity contribution < 1.29 is 4.79 Å². The van der Waals surface area contributed by atoms with Crippen LogP contribution < -0.4 is 5.69 Å². The summed E-state index contributed by atoms with van der Waals surface area (Å²) in [6, 6.07) is 13.2. The van der Waals surface area contributed by atoms with Crippen molar-refractivity contribution in [2.24, 2.45) is 0 Å². The molecule has 26 heavy (non-hydrogen) atoms. The Morgan fingerprint density at radius 3 is 2.62 bits per heavy atom. The smallest absolute Gasteiger partial charge is 0.326 e. The van der Waals surface area contributed by atoms with E-state index in [9.17, 15) is 9.59 Å². The quantitative estimate of drug-likeness (QED) is 0.561. The summed E-state index contributed by atoms with van der Waals surface area (Å²) in [5.74, 6) is 0.0179. The van der Waals surface area contributed by atoms with Gasteiger partial charge in [0.1, 0.15) is 0 Å². The van der Waals surface area contributed by atoms with Crippen LogP contribution in [0.3, 0.4) is 0 Å². The number of hydrogen-bond donors (Lipinski definition) is 1. The molecule has 5 nitrogen and oxygen atoms in total. The topological polar surface area (TPSA) is 58.1 Å². The third-order valence-electron chi connectivity index (χ3n) is 4.91. The highest BCUT2D eigenvalue weighted by molar-refractivity contribution is 14.1. The van der Waals surface area contributed by atoms with E-state index in [-0.39, 0.29) is 17.6 Å². The van der Waals surface area contributed by atoms with Crippen molar-refractivity contribution in [3.63, 3.8) is 0 Å².